The van der Waals surface area contributed by atoms with Crippen LogP contribution >= 0.6 is 24.0 Å². The molecule has 2 heterocycles. The Labute approximate surface area is 170 Å². The Morgan fingerprint density at radius 2 is 2.00 bits per heavy atom. The molecule has 0 spiro atoms. The van der Waals surface area contributed by atoms with Gasteiger partial charge in [0.25, 0.3) is 5.89 Å². The van der Waals surface area contributed by atoms with E-state index in [1.807, 2.05) is 14.0 Å². The molecule has 10 heteroatoms. The van der Waals surface area contributed by atoms with Crippen molar-refractivity contribution in [1.29, 1.82) is 0 Å². The zero-order valence-corrected chi connectivity index (χ0v) is 17.7. The Morgan fingerprint density at radius 3 is 2.67 bits per heavy atom. The molecule has 0 saturated carbocycles. The van der Waals surface area contributed by atoms with E-state index in [1.54, 1.807) is 12.1 Å². The number of nitrogens with one attached hydrogen (secondary N) is 1. The number of likely N-dealkylation sites (N-methyl/N-ethyl adjacent to an activating group) is 1. The van der Waals surface area contributed by atoms with Gasteiger partial charge in [-0.3, -0.25) is 0 Å². The summed E-state index contributed by atoms with van der Waals surface area (Å²) < 4.78 is 32.7. The molecule has 150 valence electrons. The number of benzene rings is 1. The highest BCUT2D eigenvalue weighted by Crippen LogP contribution is 2.31. The summed E-state index contributed by atoms with van der Waals surface area (Å²) in [5.41, 5.74) is 0.542. The first-order chi connectivity index (χ1) is 12.4. The number of hydrogen-bond acceptors (Lipinski definition) is 6. The lowest BCUT2D eigenvalue weighted by Crippen LogP contribution is -2.35. The van der Waals surface area contributed by atoms with Gasteiger partial charge in [0, 0.05) is 31.1 Å². The maximum Gasteiger partial charge on any atom is 0.257 e. The lowest BCUT2D eigenvalue weighted by Gasteiger charge is -2.26. The number of nitrogens with zero attached hydrogens (tertiary/aromatic N) is 3. The van der Waals surface area contributed by atoms with Gasteiger partial charge >= 0.3 is 0 Å². The van der Waals surface area contributed by atoms with Crippen LogP contribution < -0.4 is 5.32 Å². The Bertz CT molecular complexity index is 867. The highest BCUT2D eigenvalue weighted by atomic mass is 35.5. The SMILES string of the molecule is CNC(C)Cc1noc(-c2ccc(Cl)c(S(=O)(=O)N3CCCCC3)c2)n1.Cl. The van der Waals surface area contributed by atoms with E-state index in [0.29, 0.717) is 30.9 Å². The van der Waals surface area contributed by atoms with Crippen LogP contribution in [-0.4, -0.2) is 49.0 Å². The average molecular weight is 435 g/mol. The number of aromatic nitrogens is 2. The number of rotatable bonds is 6. The summed E-state index contributed by atoms with van der Waals surface area (Å²) in [5.74, 6) is 0.854. The molecule has 0 radical (unpaired) electrons. The first-order valence-electron chi connectivity index (χ1n) is 8.71. The third-order valence-corrected chi connectivity index (χ3v) is 6.94. The van der Waals surface area contributed by atoms with Crippen molar-refractivity contribution in [2.45, 2.75) is 43.5 Å². The quantitative estimate of drug-likeness (QED) is 0.750. The highest BCUT2D eigenvalue weighted by molar-refractivity contribution is 7.89. The molecule has 7 nitrogen and oxygen atoms in total. The lowest BCUT2D eigenvalue weighted by atomic mass is 10.2. The van der Waals surface area contributed by atoms with Gasteiger partial charge in [-0.05, 0) is 45.0 Å². The maximum absolute atomic E-state index is 12.9. The fraction of sp³-hybridized carbons (Fsp3) is 0.529. The van der Waals surface area contributed by atoms with Crippen LogP contribution in [-0.2, 0) is 16.4 Å². The second-order valence-corrected chi connectivity index (χ2v) is 8.83. The van der Waals surface area contributed by atoms with Crippen LogP contribution in [0.3, 0.4) is 0 Å². The minimum absolute atomic E-state index is 0. The van der Waals surface area contributed by atoms with Gasteiger partial charge in [0.2, 0.25) is 10.0 Å². The van der Waals surface area contributed by atoms with Gasteiger partial charge < -0.3 is 9.84 Å². The van der Waals surface area contributed by atoms with Gasteiger partial charge in [-0.2, -0.15) is 9.29 Å². The third-order valence-electron chi connectivity index (χ3n) is 4.56. The summed E-state index contributed by atoms with van der Waals surface area (Å²) >= 11 is 6.20. The first kappa shape index (κ1) is 22.1. The number of halogens is 2. The summed E-state index contributed by atoms with van der Waals surface area (Å²) in [6.07, 6.45) is 3.41. The molecule has 1 aromatic carbocycles. The molecule has 27 heavy (non-hydrogen) atoms. The Balaban J connectivity index is 0.00000261. The predicted octanol–water partition coefficient (Wildman–Crippen LogP) is 3.14. The molecule has 1 N–H and O–H groups in total. The van der Waals surface area contributed by atoms with Crippen LogP contribution in [0, 0.1) is 0 Å². The molecular weight excluding hydrogens is 411 g/mol. The standard InChI is InChI=1S/C17H23ClN4O3S.ClH/c1-12(19-2)10-16-20-17(25-21-16)13-6-7-14(18)15(11-13)26(23,24)22-8-4-3-5-9-22;/h6-7,11-12,19H,3-5,8-10H2,1-2H3;1H. The second kappa shape index (κ2) is 9.34. The van der Waals surface area contributed by atoms with E-state index < -0.39 is 10.0 Å². The van der Waals surface area contributed by atoms with E-state index >= 15 is 0 Å². The summed E-state index contributed by atoms with van der Waals surface area (Å²) in [7, 11) is -1.77. The minimum atomic E-state index is -3.64. The van der Waals surface area contributed by atoms with E-state index in [0.717, 1.165) is 19.3 Å². The van der Waals surface area contributed by atoms with Crippen LogP contribution in [0.15, 0.2) is 27.6 Å². The molecule has 1 atom stereocenters. The van der Waals surface area contributed by atoms with Crippen LogP contribution in [0.4, 0.5) is 0 Å². The van der Waals surface area contributed by atoms with Crippen molar-refractivity contribution in [3.8, 4) is 11.5 Å². The molecule has 1 aliphatic rings. The molecule has 1 fully saturated rings. The summed E-state index contributed by atoms with van der Waals surface area (Å²) in [6, 6.07) is 4.98. The van der Waals surface area contributed by atoms with Gasteiger partial charge in [0.15, 0.2) is 5.82 Å². The fourth-order valence-electron chi connectivity index (χ4n) is 2.91. The van der Waals surface area contributed by atoms with E-state index in [1.165, 1.54) is 10.4 Å². The second-order valence-electron chi connectivity index (χ2n) is 6.52. The number of piperidine rings is 1. The normalized spacial score (nSPS) is 16.7. The molecule has 3 rings (SSSR count). The van der Waals surface area contributed by atoms with E-state index in [4.69, 9.17) is 16.1 Å². The van der Waals surface area contributed by atoms with Crippen LogP contribution in [0.5, 0.6) is 0 Å². The van der Waals surface area contributed by atoms with E-state index in [9.17, 15) is 8.42 Å². The number of hydrogen-bond donors (Lipinski definition) is 1. The average Bonchev–Trinajstić information content (AvgIpc) is 3.11. The Hall–Kier alpha value is -1.19. The van der Waals surface area contributed by atoms with Crippen LogP contribution in [0.2, 0.25) is 5.02 Å². The van der Waals surface area contributed by atoms with Crippen molar-refractivity contribution in [2.75, 3.05) is 20.1 Å². The van der Waals surface area contributed by atoms with Crippen LogP contribution in [0.25, 0.3) is 11.5 Å². The third kappa shape index (κ3) is 5.00. The van der Waals surface area contributed by atoms with Gasteiger partial charge in [-0.25, -0.2) is 8.42 Å². The largest absolute Gasteiger partial charge is 0.334 e. The van der Waals surface area contributed by atoms with E-state index in [2.05, 4.69) is 15.5 Å². The van der Waals surface area contributed by atoms with Crippen molar-refractivity contribution in [2.24, 2.45) is 0 Å². The zero-order valence-electron chi connectivity index (χ0n) is 15.3. The van der Waals surface area contributed by atoms with Gasteiger partial charge in [0.05, 0.1) is 5.02 Å². The Morgan fingerprint density at radius 1 is 1.30 bits per heavy atom. The summed E-state index contributed by atoms with van der Waals surface area (Å²) in [6.45, 7) is 3.06. The van der Waals surface area contributed by atoms with Crippen molar-refractivity contribution in [3.63, 3.8) is 0 Å². The van der Waals surface area contributed by atoms with Gasteiger partial charge in [-0.15, -0.1) is 12.4 Å². The molecule has 1 saturated heterocycles. The Kier molecular flexibility index (Phi) is 7.64. The molecular formula is C17H24Cl2N4O3S. The summed E-state index contributed by atoms with van der Waals surface area (Å²) in [4.78, 5) is 4.45. The topological polar surface area (TPSA) is 88.3 Å². The molecule has 2 aromatic rings. The van der Waals surface area contributed by atoms with Crippen molar-refractivity contribution < 1.29 is 12.9 Å². The van der Waals surface area contributed by atoms with Gasteiger partial charge in [0.1, 0.15) is 4.90 Å². The van der Waals surface area contributed by atoms with Crippen molar-refractivity contribution >= 4 is 34.0 Å². The molecule has 1 aliphatic heterocycles. The number of sulfonamides is 1. The molecule has 1 unspecified atom stereocenters. The van der Waals surface area contributed by atoms with Gasteiger partial charge in [-0.1, -0.05) is 23.2 Å². The molecule has 1 aromatic heterocycles. The predicted molar refractivity (Wildman–Crippen MR) is 107 cm³/mol. The van der Waals surface area contributed by atoms with Crippen molar-refractivity contribution in [3.05, 3.63) is 29.0 Å². The zero-order chi connectivity index (χ0) is 18.7. The highest BCUT2D eigenvalue weighted by Gasteiger charge is 2.28. The minimum Gasteiger partial charge on any atom is -0.334 e. The molecule has 0 amide bonds. The smallest absolute Gasteiger partial charge is 0.257 e. The summed E-state index contributed by atoms with van der Waals surface area (Å²) in [5, 5.41) is 7.27. The van der Waals surface area contributed by atoms with Crippen LogP contribution in [0.1, 0.15) is 32.0 Å². The monoisotopic (exact) mass is 434 g/mol. The molecule has 0 aliphatic carbocycles. The maximum atomic E-state index is 12.9. The lowest BCUT2D eigenvalue weighted by molar-refractivity contribution is 0.346. The molecule has 0 bridgehead atoms. The fourth-order valence-corrected chi connectivity index (χ4v) is 4.93. The van der Waals surface area contributed by atoms with E-state index in [-0.39, 0.29) is 34.3 Å². The first-order valence-corrected chi connectivity index (χ1v) is 10.5. The van der Waals surface area contributed by atoms with Crippen molar-refractivity contribution in [1.82, 2.24) is 19.8 Å².